The van der Waals surface area contributed by atoms with Crippen molar-refractivity contribution in [2.75, 3.05) is 11.9 Å². The van der Waals surface area contributed by atoms with Crippen LogP contribution in [-0.4, -0.2) is 16.7 Å². The lowest BCUT2D eigenvalue weighted by molar-refractivity contribution is 0.628. The summed E-state index contributed by atoms with van der Waals surface area (Å²) in [5.74, 6) is 0.723. The van der Waals surface area contributed by atoms with Crippen LogP contribution in [0.2, 0.25) is 0 Å². The zero-order chi connectivity index (χ0) is 11.0. The van der Waals surface area contributed by atoms with E-state index in [0.29, 0.717) is 0 Å². The molecule has 0 unspecified atom stereocenters. The van der Waals surface area contributed by atoms with Crippen molar-refractivity contribution in [3.05, 3.63) is 35.6 Å². The molecule has 0 aliphatic carbocycles. The summed E-state index contributed by atoms with van der Waals surface area (Å²) in [7, 11) is 0. The third kappa shape index (κ3) is 1.46. The number of H-pyrrole nitrogens is 1. The summed E-state index contributed by atoms with van der Waals surface area (Å²) >= 11 is 0. The number of hydrogen-bond donors (Lipinski definition) is 2. The van der Waals surface area contributed by atoms with Crippen LogP contribution in [0.4, 0.5) is 10.2 Å². The lowest BCUT2D eigenvalue weighted by atomic mass is 10.0. The molecule has 0 spiro atoms. The van der Waals surface area contributed by atoms with Gasteiger partial charge in [0.15, 0.2) is 5.82 Å². The first-order valence-electron chi connectivity index (χ1n) is 5.41. The smallest absolute Gasteiger partial charge is 0.151 e. The molecule has 2 N–H and O–H groups in total. The Morgan fingerprint density at radius 3 is 2.81 bits per heavy atom. The molecule has 0 radical (unpaired) electrons. The zero-order valence-corrected chi connectivity index (χ0v) is 8.76. The van der Waals surface area contributed by atoms with Crippen LogP contribution in [0.1, 0.15) is 12.0 Å². The lowest BCUT2D eigenvalue weighted by Gasteiger charge is -2.13. The van der Waals surface area contributed by atoms with Gasteiger partial charge in [-0.3, -0.25) is 5.10 Å². The zero-order valence-electron chi connectivity index (χ0n) is 8.76. The Hall–Kier alpha value is -1.84. The van der Waals surface area contributed by atoms with E-state index in [2.05, 4.69) is 15.5 Å². The molecule has 2 heterocycles. The topological polar surface area (TPSA) is 40.7 Å². The summed E-state index contributed by atoms with van der Waals surface area (Å²) in [5, 5.41) is 10.5. The Labute approximate surface area is 92.7 Å². The molecule has 16 heavy (non-hydrogen) atoms. The number of nitrogens with zero attached hydrogens (tertiary/aromatic N) is 1. The lowest BCUT2D eigenvalue weighted by Crippen LogP contribution is -2.10. The van der Waals surface area contributed by atoms with Crippen molar-refractivity contribution < 1.29 is 4.39 Å². The van der Waals surface area contributed by atoms with Crippen LogP contribution in [0.5, 0.6) is 0 Å². The first kappa shape index (κ1) is 9.39. The molecule has 0 saturated heterocycles. The quantitative estimate of drug-likeness (QED) is 0.770. The van der Waals surface area contributed by atoms with Gasteiger partial charge in [0.2, 0.25) is 0 Å². The number of fused-ring (bicyclic) bond motifs is 1. The Balaban J connectivity index is 2.06. The molecule has 82 valence electrons. The van der Waals surface area contributed by atoms with Crippen molar-refractivity contribution >= 4 is 5.82 Å². The second kappa shape index (κ2) is 3.63. The van der Waals surface area contributed by atoms with Crippen molar-refractivity contribution in [1.82, 2.24) is 10.2 Å². The van der Waals surface area contributed by atoms with E-state index in [-0.39, 0.29) is 5.82 Å². The van der Waals surface area contributed by atoms with Gasteiger partial charge in [0.1, 0.15) is 5.82 Å². The van der Waals surface area contributed by atoms with Crippen LogP contribution in [-0.2, 0) is 6.42 Å². The van der Waals surface area contributed by atoms with Gasteiger partial charge in [0, 0.05) is 17.7 Å². The predicted molar refractivity (Wildman–Crippen MR) is 60.8 cm³/mol. The second-order valence-corrected chi connectivity index (χ2v) is 3.96. The van der Waals surface area contributed by atoms with Gasteiger partial charge in [-0.25, -0.2) is 4.39 Å². The molecule has 3 rings (SSSR count). The summed E-state index contributed by atoms with van der Waals surface area (Å²) in [4.78, 5) is 0. The molecule has 1 aliphatic rings. The van der Waals surface area contributed by atoms with Gasteiger partial charge in [-0.2, -0.15) is 5.10 Å². The SMILES string of the molecule is Fc1ccc(-c2[nH]nc3c2CCCN3)cc1. The predicted octanol–water partition coefficient (Wildman–Crippen LogP) is 2.57. The van der Waals surface area contributed by atoms with Gasteiger partial charge in [0.25, 0.3) is 0 Å². The maximum atomic E-state index is 12.8. The fraction of sp³-hybridized carbons (Fsp3) is 0.250. The van der Waals surface area contributed by atoms with Crippen LogP contribution >= 0.6 is 0 Å². The first-order chi connectivity index (χ1) is 7.84. The van der Waals surface area contributed by atoms with E-state index in [0.717, 1.165) is 36.5 Å². The Morgan fingerprint density at radius 1 is 1.19 bits per heavy atom. The summed E-state index contributed by atoms with van der Waals surface area (Å²) in [6.07, 6.45) is 2.13. The summed E-state index contributed by atoms with van der Waals surface area (Å²) < 4.78 is 12.8. The van der Waals surface area contributed by atoms with E-state index >= 15 is 0 Å². The number of rotatable bonds is 1. The molecular formula is C12H12FN3. The monoisotopic (exact) mass is 217 g/mol. The molecule has 1 aromatic heterocycles. The molecule has 2 aromatic rings. The average molecular weight is 217 g/mol. The van der Waals surface area contributed by atoms with Crippen molar-refractivity contribution in [1.29, 1.82) is 0 Å². The normalized spacial score (nSPS) is 14.3. The molecule has 1 aromatic carbocycles. The van der Waals surface area contributed by atoms with Crippen LogP contribution in [0, 0.1) is 5.82 Å². The van der Waals surface area contributed by atoms with E-state index in [9.17, 15) is 4.39 Å². The minimum Gasteiger partial charge on any atom is -0.368 e. The highest BCUT2D eigenvalue weighted by Gasteiger charge is 2.17. The highest BCUT2D eigenvalue weighted by atomic mass is 19.1. The van der Waals surface area contributed by atoms with E-state index in [1.807, 2.05) is 0 Å². The number of anilines is 1. The largest absolute Gasteiger partial charge is 0.368 e. The molecular weight excluding hydrogens is 205 g/mol. The van der Waals surface area contributed by atoms with Crippen LogP contribution in [0.15, 0.2) is 24.3 Å². The third-order valence-electron chi connectivity index (χ3n) is 2.90. The third-order valence-corrected chi connectivity index (χ3v) is 2.90. The molecule has 4 heteroatoms. The number of benzene rings is 1. The standard InChI is InChI=1S/C12H12FN3/c13-9-5-3-8(4-6-9)11-10-2-1-7-14-12(10)16-15-11/h3-6H,1-2,7H2,(H2,14,15,16). The highest BCUT2D eigenvalue weighted by Crippen LogP contribution is 2.29. The summed E-state index contributed by atoms with van der Waals surface area (Å²) in [5.41, 5.74) is 3.19. The number of hydrogen-bond acceptors (Lipinski definition) is 2. The molecule has 0 bridgehead atoms. The van der Waals surface area contributed by atoms with E-state index in [4.69, 9.17) is 0 Å². The number of aromatic amines is 1. The molecule has 0 amide bonds. The Kier molecular flexibility index (Phi) is 2.13. The van der Waals surface area contributed by atoms with Gasteiger partial charge in [-0.15, -0.1) is 0 Å². The Morgan fingerprint density at radius 2 is 2.00 bits per heavy atom. The molecule has 3 nitrogen and oxygen atoms in total. The summed E-state index contributed by atoms with van der Waals surface area (Å²) in [6.45, 7) is 0.973. The maximum absolute atomic E-state index is 12.8. The van der Waals surface area contributed by atoms with Gasteiger partial charge in [-0.05, 0) is 37.1 Å². The highest BCUT2D eigenvalue weighted by molar-refractivity contribution is 5.69. The molecule has 1 aliphatic heterocycles. The Bertz CT molecular complexity index is 501. The fourth-order valence-electron chi connectivity index (χ4n) is 2.08. The van der Waals surface area contributed by atoms with Crippen molar-refractivity contribution in [2.24, 2.45) is 0 Å². The molecule has 0 fully saturated rings. The summed E-state index contributed by atoms with van der Waals surface area (Å²) in [6, 6.07) is 6.49. The second-order valence-electron chi connectivity index (χ2n) is 3.96. The number of halogens is 1. The molecule has 0 saturated carbocycles. The van der Waals surface area contributed by atoms with E-state index in [1.54, 1.807) is 12.1 Å². The van der Waals surface area contributed by atoms with Gasteiger partial charge >= 0.3 is 0 Å². The fourth-order valence-corrected chi connectivity index (χ4v) is 2.08. The minimum atomic E-state index is -0.213. The molecule has 0 atom stereocenters. The van der Waals surface area contributed by atoms with Crippen LogP contribution < -0.4 is 5.32 Å². The van der Waals surface area contributed by atoms with Gasteiger partial charge in [0.05, 0.1) is 5.69 Å². The van der Waals surface area contributed by atoms with Crippen LogP contribution in [0.3, 0.4) is 0 Å². The minimum absolute atomic E-state index is 0.213. The van der Waals surface area contributed by atoms with Crippen LogP contribution in [0.25, 0.3) is 11.3 Å². The van der Waals surface area contributed by atoms with E-state index < -0.39 is 0 Å². The van der Waals surface area contributed by atoms with Gasteiger partial charge in [-0.1, -0.05) is 0 Å². The first-order valence-corrected chi connectivity index (χ1v) is 5.41. The van der Waals surface area contributed by atoms with Crippen molar-refractivity contribution in [3.63, 3.8) is 0 Å². The maximum Gasteiger partial charge on any atom is 0.151 e. The van der Waals surface area contributed by atoms with Gasteiger partial charge < -0.3 is 5.32 Å². The van der Waals surface area contributed by atoms with Crippen molar-refractivity contribution in [3.8, 4) is 11.3 Å². The number of nitrogens with one attached hydrogen (secondary N) is 2. The van der Waals surface area contributed by atoms with Crippen molar-refractivity contribution in [2.45, 2.75) is 12.8 Å². The average Bonchev–Trinajstić information content (AvgIpc) is 2.74. The van der Waals surface area contributed by atoms with E-state index in [1.165, 1.54) is 17.7 Å². The number of aromatic nitrogens is 2.